The SMILES string of the molecule is CCCOC(=O)c1ccc2c(c1)C(=O)N(c1ccccc1OC)C2=O. The van der Waals surface area contributed by atoms with Crippen LogP contribution in [0.2, 0.25) is 0 Å². The van der Waals surface area contributed by atoms with Crippen LogP contribution in [0.25, 0.3) is 0 Å². The van der Waals surface area contributed by atoms with E-state index in [-0.39, 0.29) is 16.7 Å². The molecular formula is C19H17NO5. The lowest BCUT2D eigenvalue weighted by atomic mass is 10.1. The van der Waals surface area contributed by atoms with Crippen molar-refractivity contribution in [3.63, 3.8) is 0 Å². The molecule has 0 N–H and O–H groups in total. The molecule has 6 heteroatoms. The van der Waals surface area contributed by atoms with E-state index >= 15 is 0 Å². The molecule has 0 unspecified atom stereocenters. The van der Waals surface area contributed by atoms with Crippen molar-refractivity contribution in [2.24, 2.45) is 0 Å². The zero-order valence-electron chi connectivity index (χ0n) is 13.9. The van der Waals surface area contributed by atoms with Crippen LogP contribution in [0.1, 0.15) is 44.4 Å². The molecule has 1 heterocycles. The van der Waals surface area contributed by atoms with Crippen molar-refractivity contribution in [1.29, 1.82) is 0 Å². The van der Waals surface area contributed by atoms with Gasteiger partial charge in [0.2, 0.25) is 0 Å². The Kier molecular flexibility index (Phi) is 4.52. The number of para-hydroxylation sites is 2. The molecule has 0 saturated carbocycles. The van der Waals surface area contributed by atoms with Crippen LogP contribution in [0.5, 0.6) is 5.75 Å². The van der Waals surface area contributed by atoms with E-state index in [1.807, 2.05) is 6.92 Å². The van der Waals surface area contributed by atoms with Crippen molar-refractivity contribution in [2.75, 3.05) is 18.6 Å². The summed E-state index contributed by atoms with van der Waals surface area (Å²) >= 11 is 0. The van der Waals surface area contributed by atoms with Crippen LogP contribution in [-0.4, -0.2) is 31.5 Å². The smallest absolute Gasteiger partial charge is 0.338 e. The molecule has 1 aliphatic heterocycles. The molecule has 0 aromatic heterocycles. The molecule has 3 rings (SSSR count). The summed E-state index contributed by atoms with van der Waals surface area (Å²) in [6.45, 7) is 2.19. The number of fused-ring (bicyclic) bond motifs is 1. The first-order chi connectivity index (χ1) is 12.1. The Morgan fingerprint density at radius 3 is 2.48 bits per heavy atom. The number of hydrogen-bond donors (Lipinski definition) is 0. The molecule has 1 aliphatic rings. The van der Waals surface area contributed by atoms with Crippen LogP contribution in [-0.2, 0) is 4.74 Å². The van der Waals surface area contributed by atoms with Gasteiger partial charge in [0.05, 0.1) is 36.1 Å². The molecule has 2 aromatic rings. The van der Waals surface area contributed by atoms with Crippen LogP contribution >= 0.6 is 0 Å². The fourth-order valence-corrected chi connectivity index (χ4v) is 2.68. The summed E-state index contributed by atoms with van der Waals surface area (Å²) in [7, 11) is 1.47. The highest BCUT2D eigenvalue weighted by Crippen LogP contribution is 2.34. The Labute approximate surface area is 145 Å². The van der Waals surface area contributed by atoms with Gasteiger partial charge in [-0.3, -0.25) is 9.59 Å². The fourth-order valence-electron chi connectivity index (χ4n) is 2.68. The second-order valence-electron chi connectivity index (χ2n) is 5.51. The summed E-state index contributed by atoms with van der Waals surface area (Å²) in [6, 6.07) is 11.2. The summed E-state index contributed by atoms with van der Waals surface area (Å²) in [5.41, 5.74) is 1.05. The lowest BCUT2D eigenvalue weighted by molar-refractivity contribution is 0.0505. The number of ether oxygens (including phenoxy) is 2. The third kappa shape index (κ3) is 2.87. The van der Waals surface area contributed by atoms with Gasteiger partial charge in [0.25, 0.3) is 11.8 Å². The second-order valence-corrected chi connectivity index (χ2v) is 5.51. The van der Waals surface area contributed by atoms with Crippen LogP contribution < -0.4 is 9.64 Å². The van der Waals surface area contributed by atoms with Gasteiger partial charge in [-0.1, -0.05) is 19.1 Å². The van der Waals surface area contributed by atoms with Gasteiger partial charge in [-0.15, -0.1) is 0 Å². The summed E-state index contributed by atoms with van der Waals surface area (Å²) in [5, 5.41) is 0. The number of carbonyl (C=O) groups excluding carboxylic acids is 3. The normalized spacial score (nSPS) is 13.0. The van der Waals surface area contributed by atoms with Crippen molar-refractivity contribution in [1.82, 2.24) is 0 Å². The number of esters is 1. The first kappa shape index (κ1) is 16.7. The second kappa shape index (κ2) is 6.76. The number of methoxy groups -OCH3 is 1. The van der Waals surface area contributed by atoms with E-state index < -0.39 is 17.8 Å². The molecule has 128 valence electrons. The molecule has 6 nitrogen and oxygen atoms in total. The topological polar surface area (TPSA) is 72.9 Å². The van der Waals surface area contributed by atoms with E-state index in [9.17, 15) is 14.4 Å². The predicted octanol–water partition coefficient (Wildman–Crippen LogP) is 3.06. The third-order valence-electron chi connectivity index (χ3n) is 3.89. The number of amides is 2. The maximum absolute atomic E-state index is 12.8. The van der Waals surface area contributed by atoms with Gasteiger partial charge in [0.1, 0.15) is 5.75 Å². The zero-order chi connectivity index (χ0) is 18.0. The van der Waals surface area contributed by atoms with E-state index in [0.717, 1.165) is 4.90 Å². The van der Waals surface area contributed by atoms with Crippen molar-refractivity contribution >= 4 is 23.5 Å². The van der Waals surface area contributed by atoms with Gasteiger partial charge in [-0.25, -0.2) is 9.69 Å². The Morgan fingerprint density at radius 1 is 1.04 bits per heavy atom. The largest absolute Gasteiger partial charge is 0.495 e. The van der Waals surface area contributed by atoms with Crippen molar-refractivity contribution < 1.29 is 23.9 Å². The maximum Gasteiger partial charge on any atom is 0.338 e. The summed E-state index contributed by atoms with van der Waals surface area (Å²) < 4.78 is 10.3. The van der Waals surface area contributed by atoms with Gasteiger partial charge < -0.3 is 9.47 Å². The number of benzene rings is 2. The minimum Gasteiger partial charge on any atom is -0.495 e. The average molecular weight is 339 g/mol. The number of imide groups is 1. The van der Waals surface area contributed by atoms with E-state index in [4.69, 9.17) is 9.47 Å². The van der Waals surface area contributed by atoms with Crippen LogP contribution in [0.15, 0.2) is 42.5 Å². The molecule has 0 aliphatic carbocycles. The highest BCUT2D eigenvalue weighted by molar-refractivity contribution is 6.35. The minimum absolute atomic E-state index is 0.182. The van der Waals surface area contributed by atoms with E-state index in [1.165, 1.54) is 25.3 Å². The Hall–Kier alpha value is -3.15. The number of hydrogen-bond acceptors (Lipinski definition) is 5. The van der Waals surface area contributed by atoms with Gasteiger partial charge in [-0.2, -0.15) is 0 Å². The molecular weight excluding hydrogens is 322 g/mol. The molecule has 0 atom stereocenters. The quantitative estimate of drug-likeness (QED) is 0.618. The van der Waals surface area contributed by atoms with E-state index in [1.54, 1.807) is 24.3 Å². The van der Waals surface area contributed by atoms with Gasteiger partial charge in [0, 0.05) is 0 Å². The number of nitrogens with zero attached hydrogens (tertiary/aromatic N) is 1. The predicted molar refractivity (Wildman–Crippen MR) is 91.1 cm³/mol. The van der Waals surface area contributed by atoms with E-state index in [0.29, 0.717) is 24.5 Å². The molecule has 0 fully saturated rings. The molecule has 0 bridgehead atoms. The Bertz CT molecular complexity index is 859. The van der Waals surface area contributed by atoms with Crippen molar-refractivity contribution in [3.05, 3.63) is 59.2 Å². The average Bonchev–Trinajstić information content (AvgIpc) is 2.89. The highest BCUT2D eigenvalue weighted by atomic mass is 16.5. The number of carbonyl (C=O) groups is 3. The molecule has 2 aromatic carbocycles. The molecule has 0 spiro atoms. The number of rotatable bonds is 5. The number of anilines is 1. The lowest BCUT2D eigenvalue weighted by Crippen LogP contribution is -2.29. The summed E-state index contributed by atoms with van der Waals surface area (Å²) in [4.78, 5) is 38.5. The molecule has 2 amide bonds. The van der Waals surface area contributed by atoms with E-state index in [2.05, 4.69) is 0 Å². The van der Waals surface area contributed by atoms with Crippen LogP contribution in [0.4, 0.5) is 5.69 Å². The molecule has 0 radical (unpaired) electrons. The van der Waals surface area contributed by atoms with Crippen molar-refractivity contribution in [2.45, 2.75) is 13.3 Å². The standard InChI is InChI=1S/C19H17NO5/c1-3-10-25-19(23)12-8-9-13-14(11-12)18(22)20(17(13)21)15-6-4-5-7-16(15)24-2/h4-9,11H,3,10H2,1-2H3. The lowest BCUT2D eigenvalue weighted by Gasteiger charge is -2.16. The minimum atomic E-state index is -0.513. The van der Waals surface area contributed by atoms with Crippen LogP contribution in [0.3, 0.4) is 0 Å². The van der Waals surface area contributed by atoms with Gasteiger partial charge >= 0.3 is 5.97 Å². The first-order valence-corrected chi connectivity index (χ1v) is 7.91. The van der Waals surface area contributed by atoms with Crippen molar-refractivity contribution in [3.8, 4) is 5.75 Å². The Balaban J connectivity index is 1.98. The first-order valence-electron chi connectivity index (χ1n) is 7.91. The maximum atomic E-state index is 12.8. The third-order valence-corrected chi connectivity index (χ3v) is 3.89. The van der Waals surface area contributed by atoms with Gasteiger partial charge in [0.15, 0.2) is 0 Å². The zero-order valence-corrected chi connectivity index (χ0v) is 13.9. The highest BCUT2D eigenvalue weighted by Gasteiger charge is 2.38. The summed E-state index contributed by atoms with van der Waals surface area (Å²) in [6.07, 6.45) is 0.704. The fraction of sp³-hybridized carbons (Fsp3) is 0.211. The monoisotopic (exact) mass is 339 g/mol. The van der Waals surface area contributed by atoms with Crippen LogP contribution in [0, 0.1) is 0 Å². The molecule has 0 saturated heterocycles. The molecule has 25 heavy (non-hydrogen) atoms. The summed E-state index contributed by atoms with van der Waals surface area (Å²) in [5.74, 6) is -1.03. The van der Waals surface area contributed by atoms with Gasteiger partial charge in [-0.05, 0) is 36.8 Å². The Morgan fingerprint density at radius 2 is 1.76 bits per heavy atom.